The predicted octanol–water partition coefficient (Wildman–Crippen LogP) is 4.42. The van der Waals surface area contributed by atoms with E-state index >= 15 is 0 Å². The molecular weight excluding hydrogens is 144 g/mol. The molecule has 12 heavy (non-hydrogen) atoms. The molecule has 0 heterocycles. The number of hydrogen-bond donors (Lipinski definition) is 0. The molecule has 0 aliphatic rings. The first kappa shape index (κ1) is 11.7. The molecule has 0 heteroatoms. The van der Waals surface area contributed by atoms with E-state index in [1.54, 1.807) is 5.57 Å². The third-order valence-corrected chi connectivity index (χ3v) is 2.29. The van der Waals surface area contributed by atoms with Crippen LogP contribution < -0.4 is 0 Å². The lowest BCUT2D eigenvalue weighted by atomic mass is 9.96. The maximum atomic E-state index is 2.46. The van der Waals surface area contributed by atoms with E-state index in [0.717, 1.165) is 11.8 Å². The average Bonchev–Trinajstić information content (AvgIpc) is 2.02. The van der Waals surface area contributed by atoms with Gasteiger partial charge < -0.3 is 0 Å². The zero-order valence-electron chi connectivity index (χ0n) is 9.35. The normalized spacial score (nSPS) is 15.3. The highest BCUT2D eigenvalue weighted by molar-refractivity contribution is 5.03. The topological polar surface area (TPSA) is 0 Å². The van der Waals surface area contributed by atoms with E-state index < -0.39 is 0 Å². The minimum absolute atomic E-state index is 0.763. The van der Waals surface area contributed by atoms with Gasteiger partial charge in [-0.25, -0.2) is 0 Å². The zero-order chi connectivity index (χ0) is 9.56. The van der Waals surface area contributed by atoms with Crippen LogP contribution in [0, 0.1) is 11.8 Å². The molecule has 0 bridgehead atoms. The lowest BCUT2D eigenvalue weighted by Gasteiger charge is -2.10. The summed E-state index contributed by atoms with van der Waals surface area (Å²) < 4.78 is 0. The summed E-state index contributed by atoms with van der Waals surface area (Å²) in [6.07, 6.45) is 6.23. The molecule has 0 rings (SSSR count). The second-order valence-electron chi connectivity index (χ2n) is 4.16. The van der Waals surface area contributed by atoms with E-state index in [4.69, 9.17) is 0 Å². The zero-order valence-corrected chi connectivity index (χ0v) is 9.35. The highest BCUT2D eigenvalue weighted by Gasteiger charge is 2.01. The van der Waals surface area contributed by atoms with Crippen LogP contribution in [0.15, 0.2) is 11.6 Å². The smallest absolute Gasteiger partial charge is 0.0262 e. The van der Waals surface area contributed by atoms with E-state index in [1.165, 1.54) is 19.3 Å². The van der Waals surface area contributed by atoms with E-state index in [2.05, 4.69) is 40.7 Å². The van der Waals surface area contributed by atoms with Gasteiger partial charge in [0, 0.05) is 0 Å². The molecule has 0 fully saturated rings. The van der Waals surface area contributed by atoms with Gasteiger partial charge in [-0.1, -0.05) is 52.7 Å². The third kappa shape index (κ3) is 5.40. The minimum atomic E-state index is 0.763. The molecule has 0 aliphatic carbocycles. The van der Waals surface area contributed by atoms with Gasteiger partial charge in [0.15, 0.2) is 0 Å². The Morgan fingerprint density at radius 2 is 1.75 bits per heavy atom. The molecule has 0 aromatic heterocycles. The highest BCUT2D eigenvalue weighted by atomic mass is 14.1. The summed E-state index contributed by atoms with van der Waals surface area (Å²) >= 11 is 0. The van der Waals surface area contributed by atoms with Gasteiger partial charge in [-0.2, -0.15) is 0 Å². The Hall–Kier alpha value is -0.260. The Morgan fingerprint density at radius 1 is 1.17 bits per heavy atom. The SMILES string of the molecule is CCC(=CC(C)CC)CC(C)C. The Labute approximate surface area is 78.1 Å². The van der Waals surface area contributed by atoms with Crippen molar-refractivity contribution in [1.29, 1.82) is 0 Å². The Balaban J connectivity index is 4.03. The quantitative estimate of drug-likeness (QED) is 0.533. The first-order chi connectivity index (χ1) is 5.60. The first-order valence-corrected chi connectivity index (χ1v) is 5.29. The minimum Gasteiger partial charge on any atom is -0.0825 e. The molecule has 0 radical (unpaired) electrons. The van der Waals surface area contributed by atoms with Gasteiger partial charge in [-0.3, -0.25) is 0 Å². The van der Waals surface area contributed by atoms with Gasteiger partial charge in [0.2, 0.25) is 0 Å². The standard InChI is InChI=1S/C12H24/c1-6-11(5)9-12(7-2)8-10(3)4/h9-11H,6-8H2,1-5H3. The van der Waals surface area contributed by atoms with Crippen molar-refractivity contribution < 1.29 is 0 Å². The number of allylic oxidation sites excluding steroid dienone is 2. The van der Waals surface area contributed by atoms with Crippen molar-refractivity contribution in [2.45, 2.75) is 53.9 Å². The Bertz CT molecular complexity index is 131. The number of hydrogen-bond acceptors (Lipinski definition) is 0. The van der Waals surface area contributed by atoms with Crippen LogP contribution in [-0.2, 0) is 0 Å². The number of rotatable bonds is 5. The van der Waals surface area contributed by atoms with Gasteiger partial charge in [0.25, 0.3) is 0 Å². The molecule has 0 saturated heterocycles. The van der Waals surface area contributed by atoms with Crippen LogP contribution in [0.25, 0.3) is 0 Å². The van der Waals surface area contributed by atoms with Crippen molar-refractivity contribution in [2.24, 2.45) is 11.8 Å². The molecular formula is C12H24. The summed E-state index contributed by atoms with van der Waals surface area (Å²) in [4.78, 5) is 0. The maximum absolute atomic E-state index is 2.46. The van der Waals surface area contributed by atoms with E-state index in [0.29, 0.717) is 0 Å². The molecule has 72 valence electrons. The summed E-state index contributed by atoms with van der Waals surface area (Å²) in [5.41, 5.74) is 1.64. The third-order valence-electron chi connectivity index (χ3n) is 2.29. The largest absolute Gasteiger partial charge is 0.0825 e. The molecule has 0 N–H and O–H groups in total. The second kappa shape index (κ2) is 6.28. The van der Waals surface area contributed by atoms with Gasteiger partial charge in [-0.05, 0) is 24.7 Å². The summed E-state index contributed by atoms with van der Waals surface area (Å²) in [6.45, 7) is 11.4. The lowest BCUT2D eigenvalue weighted by Crippen LogP contribution is -1.94. The lowest BCUT2D eigenvalue weighted by molar-refractivity contribution is 0.613. The summed E-state index contributed by atoms with van der Waals surface area (Å²) in [5, 5.41) is 0. The van der Waals surface area contributed by atoms with Crippen LogP contribution in [0.1, 0.15) is 53.9 Å². The van der Waals surface area contributed by atoms with Crippen LogP contribution in [0.3, 0.4) is 0 Å². The molecule has 0 spiro atoms. The van der Waals surface area contributed by atoms with Crippen LogP contribution in [0.2, 0.25) is 0 Å². The van der Waals surface area contributed by atoms with Crippen LogP contribution in [0.4, 0.5) is 0 Å². The molecule has 0 aliphatic heterocycles. The Kier molecular flexibility index (Phi) is 6.14. The second-order valence-corrected chi connectivity index (χ2v) is 4.16. The molecule has 1 unspecified atom stereocenters. The van der Waals surface area contributed by atoms with Crippen LogP contribution >= 0.6 is 0 Å². The van der Waals surface area contributed by atoms with Crippen molar-refractivity contribution in [1.82, 2.24) is 0 Å². The van der Waals surface area contributed by atoms with E-state index in [9.17, 15) is 0 Å². The first-order valence-electron chi connectivity index (χ1n) is 5.29. The molecule has 0 amide bonds. The van der Waals surface area contributed by atoms with E-state index in [-0.39, 0.29) is 0 Å². The van der Waals surface area contributed by atoms with Crippen molar-refractivity contribution in [2.75, 3.05) is 0 Å². The maximum Gasteiger partial charge on any atom is -0.0262 e. The fourth-order valence-electron chi connectivity index (χ4n) is 1.37. The highest BCUT2D eigenvalue weighted by Crippen LogP contribution is 2.17. The van der Waals surface area contributed by atoms with Gasteiger partial charge in [-0.15, -0.1) is 0 Å². The predicted molar refractivity (Wildman–Crippen MR) is 57.3 cm³/mol. The van der Waals surface area contributed by atoms with Crippen molar-refractivity contribution in [3.8, 4) is 0 Å². The summed E-state index contributed by atoms with van der Waals surface area (Å²) in [6, 6.07) is 0. The molecule has 0 nitrogen and oxygen atoms in total. The van der Waals surface area contributed by atoms with E-state index in [1.807, 2.05) is 0 Å². The van der Waals surface area contributed by atoms with Crippen LogP contribution in [0.5, 0.6) is 0 Å². The van der Waals surface area contributed by atoms with Gasteiger partial charge >= 0.3 is 0 Å². The fraction of sp³-hybridized carbons (Fsp3) is 0.833. The average molecular weight is 168 g/mol. The monoisotopic (exact) mass is 168 g/mol. The molecule has 0 aromatic rings. The Morgan fingerprint density at radius 3 is 2.08 bits per heavy atom. The molecule has 0 aromatic carbocycles. The van der Waals surface area contributed by atoms with Gasteiger partial charge in [0.05, 0.1) is 0 Å². The van der Waals surface area contributed by atoms with Crippen molar-refractivity contribution in [3.05, 3.63) is 11.6 Å². The fourth-order valence-corrected chi connectivity index (χ4v) is 1.37. The molecule has 0 saturated carbocycles. The van der Waals surface area contributed by atoms with Gasteiger partial charge in [0.1, 0.15) is 0 Å². The molecule has 1 atom stereocenters. The van der Waals surface area contributed by atoms with Crippen LogP contribution in [-0.4, -0.2) is 0 Å². The van der Waals surface area contributed by atoms with Crippen molar-refractivity contribution in [3.63, 3.8) is 0 Å². The summed E-state index contributed by atoms with van der Waals surface area (Å²) in [5.74, 6) is 1.57. The summed E-state index contributed by atoms with van der Waals surface area (Å²) in [7, 11) is 0. The van der Waals surface area contributed by atoms with Crippen molar-refractivity contribution >= 4 is 0 Å².